The number of carbonyl (C=O) groups excluding carboxylic acids is 1. The molecular formula is C10H19NO. The molecule has 0 amide bonds. The van der Waals surface area contributed by atoms with Crippen molar-refractivity contribution in [3.8, 4) is 0 Å². The summed E-state index contributed by atoms with van der Waals surface area (Å²) in [7, 11) is 0. The van der Waals surface area contributed by atoms with Crippen LogP contribution in [0.4, 0.5) is 0 Å². The summed E-state index contributed by atoms with van der Waals surface area (Å²) < 4.78 is 0. The highest BCUT2D eigenvalue weighted by Gasteiger charge is 2.34. The van der Waals surface area contributed by atoms with E-state index in [1.807, 2.05) is 0 Å². The van der Waals surface area contributed by atoms with Crippen LogP contribution in [-0.2, 0) is 4.79 Å². The first-order valence-corrected chi connectivity index (χ1v) is 4.64. The molecule has 1 fully saturated rings. The Balaban J connectivity index is 2.25. The first-order valence-electron chi connectivity index (χ1n) is 4.64. The average molecular weight is 169 g/mol. The van der Waals surface area contributed by atoms with Crippen LogP contribution in [0.1, 0.15) is 34.1 Å². The second kappa shape index (κ2) is 3.17. The molecule has 70 valence electrons. The maximum atomic E-state index is 10.8. The Morgan fingerprint density at radius 1 is 1.42 bits per heavy atom. The normalized spacial score (nSPS) is 20.7. The van der Waals surface area contributed by atoms with Crippen molar-refractivity contribution in [2.24, 2.45) is 5.92 Å². The molecule has 0 atom stereocenters. The van der Waals surface area contributed by atoms with E-state index in [4.69, 9.17) is 0 Å². The van der Waals surface area contributed by atoms with Crippen LogP contribution in [0.2, 0.25) is 0 Å². The Labute approximate surface area is 74.9 Å². The molecule has 0 aromatic rings. The molecule has 0 aromatic heterocycles. The number of carbonyl (C=O) groups is 1. The molecule has 0 aromatic carbocycles. The highest BCUT2D eigenvalue weighted by molar-refractivity contribution is 5.75. The highest BCUT2D eigenvalue weighted by Crippen LogP contribution is 2.27. The van der Waals surface area contributed by atoms with Crippen molar-refractivity contribution >= 4 is 5.78 Å². The summed E-state index contributed by atoms with van der Waals surface area (Å²) in [5, 5.41) is 0. The van der Waals surface area contributed by atoms with Gasteiger partial charge in [-0.05, 0) is 33.6 Å². The number of ketones is 1. The molecule has 1 aliphatic heterocycles. The third-order valence-electron chi connectivity index (χ3n) is 2.48. The van der Waals surface area contributed by atoms with Gasteiger partial charge in [-0.2, -0.15) is 0 Å². The molecule has 0 N–H and O–H groups in total. The lowest BCUT2D eigenvalue weighted by Gasteiger charge is -2.47. The van der Waals surface area contributed by atoms with Crippen LogP contribution in [0.15, 0.2) is 0 Å². The summed E-state index contributed by atoms with van der Waals surface area (Å²) in [5.74, 6) is 0.954. The predicted octanol–water partition coefficient (Wildman–Crippen LogP) is 1.70. The molecule has 1 saturated heterocycles. The Kier molecular flexibility index (Phi) is 2.57. The van der Waals surface area contributed by atoms with Gasteiger partial charge in [0, 0.05) is 25.0 Å². The summed E-state index contributed by atoms with van der Waals surface area (Å²) in [4.78, 5) is 13.2. The fraction of sp³-hybridized carbons (Fsp3) is 0.900. The first-order chi connectivity index (χ1) is 5.39. The molecule has 2 nitrogen and oxygen atoms in total. The summed E-state index contributed by atoms with van der Waals surface area (Å²) in [6.07, 6.45) is 0.770. The zero-order valence-electron chi connectivity index (χ0n) is 8.55. The van der Waals surface area contributed by atoms with E-state index in [2.05, 4.69) is 25.7 Å². The van der Waals surface area contributed by atoms with E-state index in [1.165, 1.54) is 0 Å². The topological polar surface area (TPSA) is 20.3 Å². The van der Waals surface area contributed by atoms with E-state index in [0.29, 0.717) is 11.7 Å². The van der Waals surface area contributed by atoms with Crippen LogP contribution in [0, 0.1) is 5.92 Å². The van der Waals surface area contributed by atoms with Crippen LogP contribution in [-0.4, -0.2) is 29.3 Å². The first kappa shape index (κ1) is 9.72. The van der Waals surface area contributed by atoms with Crippen molar-refractivity contribution < 1.29 is 4.79 Å². The summed E-state index contributed by atoms with van der Waals surface area (Å²) in [5.41, 5.74) is 0.285. The molecule has 12 heavy (non-hydrogen) atoms. The van der Waals surface area contributed by atoms with Crippen LogP contribution in [0.5, 0.6) is 0 Å². The molecule has 1 aliphatic rings. The molecule has 0 unspecified atom stereocenters. The fourth-order valence-electron chi connectivity index (χ4n) is 1.65. The summed E-state index contributed by atoms with van der Waals surface area (Å²) >= 11 is 0. The van der Waals surface area contributed by atoms with Crippen LogP contribution in [0.25, 0.3) is 0 Å². The van der Waals surface area contributed by atoms with Crippen LogP contribution in [0.3, 0.4) is 0 Å². The minimum Gasteiger partial charge on any atom is -0.300 e. The van der Waals surface area contributed by atoms with E-state index < -0.39 is 0 Å². The SMILES string of the molecule is CC(=O)CC1CN(C(C)(C)C)C1. The average Bonchev–Trinajstić information content (AvgIpc) is 1.73. The van der Waals surface area contributed by atoms with Gasteiger partial charge in [-0.1, -0.05) is 0 Å². The molecule has 0 radical (unpaired) electrons. The van der Waals surface area contributed by atoms with Gasteiger partial charge < -0.3 is 4.79 Å². The molecule has 1 rings (SSSR count). The van der Waals surface area contributed by atoms with Gasteiger partial charge in [0.05, 0.1) is 0 Å². The number of Topliss-reactive ketones (excluding diaryl/α,β-unsaturated/α-hetero) is 1. The monoisotopic (exact) mass is 169 g/mol. The van der Waals surface area contributed by atoms with Crippen molar-refractivity contribution in [1.29, 1.82) is 0 Å². The van der Waals surface area contributed by atoms with E-state index in [1.54, 1.807) is 6.92 Å². The van der Waals surface area contributed by atoms with Crippen molar-refractivity contribution in [3.05, 3.63) is 0 Å². The summed E-state index contributed by atoms with van der Waals surface area (Å²) in [6.45, 7) is 10.5. The minimum absolute atomic E-state index is 0.285. The molecule has 0 aliphatic carbocycles. The van der Waals surface area contributed by atoms with Crippen molar-refractivity contribution in [1.82, 2.24) is 4.90 Å². The molecule has 0 bridgehead atoms. The van der Waals surface area contributed by atoms with Gasteiger partial charge in [0.15, 0.2) is 0 Å². The molecule has 2 heteroatoms. The second-order valence-electron chi connectivity index (χ2n) is 4.85. The smallest absolute Gasteiger partial charge is 0.130 e. The summed E-state index contributed by atoms with van der Waals surface area (Å²) in [6, 6.07) is 0. The number of rotatable bonds is 2. The minimum atomic E-state index is 0.285. The van der Waals surface area contributed by atoms with E-state index in [9.17, 15) is 4.79 Å². The zero-order valence-corrected chi connectivity index (χ0v) is 8.55. The van der Waals surface area contributed by atoms with E-state index >= 15 is 0 Å². The van der Waals surface area contributed by atoms with Gasteiger partial charge in [-0.25, -0.2) is 0 Å². The molecular weight excluding hydrogens is 150 g/mol. The lowest BCUT2D eigenvalue weighted by molar-refractivity contribution is -0.120. The Morgan fingerprint density at radius 2 is 1.92 bits per heavy atom. The van der Waals surface area contributed by atoms with Gasteiger partial charge in [0.1, 0.15) is 5.78 Å². The van der Waals surface area contributed by atoms with Crippen molar-refractivity contribution in [3.63, 3.8) is 0 Å². The number of likely N-dealkylation sites (tertiary alicyclic amines) is 1. The lowest BCUT2D eigenvalue weighted by atomic mass is 9.89. The molecule has 0 spiro atoms. The number of hydrogen-bond donors (Lipinski definition) is 0. The standard InChI is InChI=1S/C10H19NO/c1-8(12)5-9-6-11(7-9)10(2,3)4/h9H,5-7H2,1-4H3. The third-order valence-corrected chi connectivity index (χ3v) is 2.48. The molecule has 1 heterocycles. The lowest BCUT2D eigenvalue weighted by Crippen LogP contribution is -2.56. The van der Waals surface area contributed by atoms with Gasteiger partial charge in [0.25, 0.3) is 0 Å². The Bertz CT molecular complexity index is 175. The largest absolute Gasteiger partial charge is 0.300 e. The predicted molar refractivity (Wildman–Crippen MR) is 50.1 cm³/mol. The molecule has 0 saturated carbocycles. The second-order valence-corrected chi connectivity index (χ2v) is 4.85. The van der Waals surface area contributed by atoms with Crippen LogP contribution < -0.4 is 0 Å². The maximum absolute atomic E-state index is 10.8. The number of hydrogen-bond acceptors (Lipinski definition) is 2. The Hall–Kier alpha value is -0.370. The van der Waals surface area contributed by atoms with Gasteiger partial charge in [-0.15, -0.1) is 0 Å². The van der Waals surface area contributed by atoms with Crippen LogP contribution >= 0.6 is 0 Å². The van der Waals surface area contributed by atoms with Gasteiger partial charge >= 0.3 is 0 Å². The van der Waals surface area contributed by atoms with Gasteiger partial charge in [-0.3, -0.25) is 4.90 Å². The maximum Gasteiger partial charge on any atom is 0.130 e. The van der Waals surface area contributed by atoms with Crippen molar-refractivity contribution in [2.75, 3.05) is 13.1 Å². The van der Waals surface area contributed by atoms with E-state index in [0.717, 1.165) is 19.5 Å². The fourth-order valence-corrected chi connectivity index (χ4v) is 1.65. The van der Waals surface area contributed by atoms with E-state index in [-0.39, 0.29) is 5.54 Å². The highest BCUT2D eigenvalue weighted by atomic mass is 16.1. The quantitative estimate of drug-likeness (QED) is 0.627. The van der Waals surface area contributed by atoms with Gasteiger partial charge in [0.2, 0.25) is 0 Å². The third kappa shape index (κ3) is 2.31. The van der Waals surface area contributed by atoms with Crippen molar-refractivity contribution in [2.45, 2.75) is 39.7 Å². The number of nitrogens with zero attached hydrogens (tertiary/aromatic N) is 1. The Morgan fingerprint density at radius 3 is 2.25 bits per heavy atom. The zero-order chi connectivity index (χ0) is 9.35.